The van der Waals surface area contributed by atoms with Gasteiger partial charge in [0, 0.05) is 38.0 Å². The second-order valence-electron chi connectivity index (χ2n) is 4.80. The van der Waals surface area contributed by atoms with Crippen LogP contribution in [0.3, 0.4) is 0 Å². The van der Waals surface area contributed by atoms with Gasteiger partial charge in [-0.15, -0.1) is 0 Å². The summed E-state index contributed by atoms with van der Waals surface area (Å²) in [7, 11) is 7.42. The molecule has 6 heteroatoms. The van der Waals surface area contributed by atoms with Crippen molar-refractivity contribution in [2.24, 2.45) is 0 Å². The summed E-state index contributed by atoms with van der Waals surface area (Å²) in [4.78, 5) is 24.6. The number of hydrogen-bond donors (Lipinski definition) is 1. The number of likely N-dealkylation sites (N-methyl/N-ethyl adjacent to an activating group) is 1. The number of carboxylic acids is 1. The minimum Gasteiger partial charge on any atom is -0.478 e. The van der Waals surface area contributed by atoms with Crippen molar-refractivity contribution in [3.63, 3.8) is 0 Å². The summed E-state index contributed by atoms with van der Waals surface area (Å²) in [6.07, 6.45) is 1.56. The van der Waals surface area contributed by atoms with Crippen molar-refractivity contribution in [2.45, 2.75) is 13.8 Å². The molecule has 6 nitrogen and oxygen atoms in total. The maximum Gasteiger partial charge on any atom is 0.333 e. The first kappa shape index (κ1) is 20.5. The summed E-state index contributed by atoms with van der Waals surface area (Å²) in [5, 5.41) is 8.34. The third-order valence-corrected chi connectivity index (χ3v) is 1.91. The number of rotatable bonds is 6. The van der Waals surface area contributed by atoms with Crippen LogP contribution in [-0.2, 0) is 14.3 Å². The average Bonchev–Trinajstić information content (AvgIpc) is 2.27. The molecule has 0 spiro atoms. The molecule has 116 valence electrons. The lowest BCUT2D eigenvalue weighted by Crippen LogP contribution is -2.20. The predicted octanol–water partition coefficient (Wildman–Crippen LogP) is 1.20. The van der Waals surface area contributed by atoms with Crippen LogP contribution >= 0.6 is 0 Å². The normalized spacial score (nSPS) is 10.4. The number of carbonyl (C=O) groups excluding carboxylic acids is 1. The molecule has 0 aromatic heterocycles. The highest BCUT2D eigenvalue weighted by molar-refractivity contribution is 5.86. The zero-order valence-electron chi connectivity index (χ0n) is 13.3. The van der Waals surface area contributed by atoms with Gasteiger partial charge in [-0.05, 0) is 27.9 Å². The van der Waals surface area contributed by atoms with E-state index in [1.165, 1.54) is 0 Å². The molecular weight excluding hydrogens is 260 g/mol. The van der Waals surface area contributed by atoms with Crippen molar-refractivity contribution in [1.29, 1.82) is 0 Å². The van der Waals surface area contributed by atoms with Crippen molar-refractivity contribution < 1.29 is 19.4 Å². The van der Waals surface area contributed by atoms with E-state index >= 15 is 0 Å². The summed E-state index contributed by atoms with van der Waals surface area (Å²) < 4.78 is 4.83. The van der Waals surface area contributed by atoms with E-state index in [0.717, 1.165) is 6.54 Å². The lowest BCUT2D eigenvalue weighted by molar-refractivity contribution is -0.139. The molecule has 0 heterocycles. The van der Waals surface area contributed by atoms with Gasteiger partial charge < -0.3 is 19.6 Å². The first-order chi connectivity index (χ1) is 9.07. The number of esters is 1. The van der Waals surface area contributed by atoms with Crippen LogP contribution in [0.25, 0.3) is 0 Å². The molecule has 0 atom stereocenters. The maximum absolute atomic E-state index is 10.8. The van der Waals surface area contributed by atoms with Crippen molar-refractivity contribution in [1.82, 2.24) is 9.80 Å². The SMILES string of the molecule is C=C(C)C(=O)OCCN(C)C.CC(=CN(C)C)C(=O)O. The number of aliphatic carboxylic acids is 1. The summed E-state index contributed by atoms with van der Waals surface area (Å²) in [5.41, 5.74) is 0.795. The number of ether oxygens (including phenoxy) is 1. The van der Waals surface area contributed by atoms with Gasteiger partial charge in [-0.25, -0.2) is 9.59 Å². The van der Waals surface area contributed by atoms with Gasteiger partial charge in [0.2, 0.25) is 0 Å². The van der Waals surface area contributed by atoms with Crippen molar-refractivity contribution in [3.8, 4) is 0 Å². The quantitative estimate of drug-likeness (QED) is 0.584. The fourth-order valence-corrected chi connectivity index (χ4v) is 0.887. The second kappa shape index (κ2) is 11.0. The van der Waals surface area contributed by atoms with Gasteiger partial charge in [-0.3, -0.25) is 0 Å². The molecule has 0 aliphatic rings. The molecule has 0 bridgehead atoms. The highest BCUT2D eigenvalue weighted by Gasteiger charge is 2.01. The van der Waals surface area contributed by atoms with Crippen LogP contribution in [0.4, 0.5) is 0 Å². The molecule has 20 heavy (non-hydrogen) atoms. The molecule has 0 aliphatic heterocycles. The van der Waals surface area contributed by atoms with Crippen molar-refractivity contribution in [3.05, 3.63) is 23.9 Å². The molecule has 0 saturated heterocycles. The van der Waals surface area contributed by atoms with Gasteiger partial charge >= 0.3 is 11.9 Å². The molecular formula is C14H26N2O4. The third kappa shape index (κ3) is 14.2. The van der Waals surface area contributed by atoms with E-state index in [9.17, 15) is 9.59 Å². The summed E-state index contributed by atoms with van der Waals surface area (Å²) in [6.45, 7) is 7.84. The Morgan fingerprint density at radius 1 is 1.20 bits per heavy atom. The Bertz CT molecular complexity index is 360. The van der Waals surface area contributed by atoms with Gasteiger partial charge in [0.05, 0.1) is 0 Å². The van der Waals surface area contributed by atoms with Crippen LogP contribution < -0.4 is 0 Å². The highest BCUT2D eigenvalue weighted by Crippen LogP contribution is 1.92. The minimum atomic E-state index is -0.872. The molecule has 0 aromatic rings. The Kier molecular flexibility index (Phi) is 11.3. The van der Waals surface area contributed by atoms with Crippen molar-refractivity contribution in [2.75, 3.05) is 41.3 Å². The van der Waals surface area contributed by atoms with E-state index in [-0.39, 0.29) is 5.97 Å². The Labute approximate surface area is 121 Å². The van der Waals surface area contributed by atoms with E-state index in [4.69, 9.17) is 9.84 Å². The van der Waals surface area contributed by atoms with E-state index < -0.39 is 5.97 Å². The fourth-order valence-electron chi connectivity index (χ4n) is 0.887. The second-order valence-corrected chi connectivity index (χ2v) is 4.80. The van der Waals surface area contributed by atoms with Gasteiger partial charge in [-0.2, -0.15) is 0 Å². The van der Waals surface area contributed by atoms with E-state index in [0.29, 0.717) is 17.8 Å². The number of carboxylic acid groups (broad SMARTS) is 1. The molecule has 0 fully saturated rings. The van der Waals surface area contributed by atoms with E-state index in [1.54, 1.807) is 39.0 Å². The summed E-state index contributed by atoms with van der Waals surface area (Å²) >= 11 is 0. The first-order valence-corrected chi connectivity index (χ1v) is 6.13. The standard InChI is InChI=1S/C8H15NO2.C6H11NO2/c1-7(2)8(10)11-6-5-9(3)4;1-5(6(8)9)4-7(2)3/h1,5-6H2,2-4H3;4H,1-3H3,(H,8,9). The van der Waals surface area contributed by atoms with Gasteiger partial charge in [0.15, 0.2) is 0 Å². The molecule has 0 rings (SSSR count). The van der Waals surface area contributed by atoms with E-state index in [2.05, 4.69) is 6.58 Å². The van der Waals surface area contributed by atoms with Gasteiger partial charge in [-0.1, -0.05) is 6.58 Å². The predicted molar refractivity (Wildman–Crippen MR) is 79.4 cm³/mol. The van der Waals surface area contributed by atoms with E-state index in [1.807, 2.05) is 19.0 Å². The lowest BCUT2D eigenvalue weighted by Gasteiger charge is -2.09. The Morgan fingerprint density at radius 3 is 1.95 bits per heavy atom. The van der Waals surface area contributed by atoms with Crippen LogP contribution in [0.2, 0.25) is 0 Å². The van der Waals surface area contributed by atoms with Crippen LogP contribution in [-0.4, -0.2) is 68.2 Å². The van der Waals surface area contributed by atoms with Gasteiger partial charge in [0.1, 0.15) is 6.61 Å². The Morgan fingerprint density at radius 2 is 1.70 bits per heavy atom. The summed E-state index contributed by atoms with van der Waals surface area (Å²) in [5.74, 6) is -1.18. The largest absolute Gasteiger partial charge is 0.478 e. The molecule has 0 unspecified atom stereocenters. The van der Waals surface area contributed by atoms with Crippen molar-refractivity contribution >= 4 is 11.9 Å². The smallest absolute Gasteiger partial charge is 0.333 e. The lowest BCUT2D eigenvalue weighted by atomic mass is 10.3. The highest BCUT2D eigenvalue weighted by atomic mass is 16.5. The molecule has 0 radical (unpaired) electrons. The van der Waals surface area contributed by atoms with Gasteiger partial charge in [0.25, 0.3) is 0 Å². The number of hydrogen-bond acceptors (Lipinski definition) is 5. The maximum atomic E-state index is 10.8. The molecule has 0 aliphatic carbocycles. The van der Waals surface area contributed by atoms with Crippen LogP contribution in [0.5, 0.6) is 0 Å². The summed E-state index contributed by atoms with van der Waals surface area (Å²) in [6, 6.07) is 0. The van der Waals surface area contributed by atoms with Crippen LogP contribution in [0, 0.1) is 0 Å². The first-order valence-electron chi connectivity index (χ1n) is 6.13. The molecule has 1 N–H and O–H groups in total. The fraction of sp³-hybridized carbons (Fsp3) is 0.571. The minimum absolute atomic E-state index is 0.313. The molecule has 0 amide bonds. The monoisotopic (exact) mass is 286 g/mol. The topological polar surface area (TPSA) is 70.1 Å². The zero-order chi connectivity index (χ0) is 16.3. The zero-order valence-corrected chi connectivity index (χ0v) is 13.3. The Hall–Kier alpha value is -1.82. The number of nitrogens with zero attached hydrogens (tertiary/aromatic N) is 2. The third-order valence-electron chi connectivity index (χ3n) is 1.91. The number of carbonyl (C=O) groups is 2. The molecule has 0 aromatic carbocycles. The van der Waals surface area contributed by atoms with Crippen LogP contribution in [0.1, 0.15) is 13.8 Å². The van der Waals surface area contributed by atoms with Crippen LogP contribution in [0.15, 0.2) is 23.9 Å². The average molecular weight is 286 g/mol. The Balaban J connectivity index is 0. The molecule has 0 saturated carbocycles.